The molecule has 0 bridgehead atoms. The largest absolute Gasteiger partial charge is 0.352 e. The van der Waals surface area contributed by atoms with Crippen LogP contribution in [-0.4, -0.2) is 11.8 Å². The summed E-state index contributed by atoms with van der Waals surface area (Å²) in [5.41, 5.74) is 4.57. The number of anilines is 1. The number of carbonyl (C=O) groups is 2. The van der Waals surface area contributed by atoms with E-state index in [9.17, 15) is 9.59 Å². The lowest BCUT2D eigenvalue weighted by molar-refractivity contribution is -0.119. The third-order valence-electron chi connectivity index (χ3n) is 3.24. The highest BCUT2D eigenvalue weighted by Crippen LogP contribution is 2.15. The average Bonchev–Trinajstić information content (AvgIpc) is 2.44. The molecular formula is C18H20N2O2. The predicted molar refractivity (Wildman–Crippen MR) is 87.8 cm³/mol. The summed E-state index contributed by atoms with van der Waals surface area (Å²) in [6.45, 7) is 5.94. The Labute approximate surface area is 130 Å². The fraction of sp³-hybridized carbons (Fsp3) is 0.222. The molecule has 114 valence electrons. The number of hydrogen-bond donors (Lipinski definition) is 2. The van der Waals surface area contributed by atoms with Gasteiger partial charge < -0.3 is 10.6 Å². The number of nitrogens with one attached hydrogen (secondary N) is 2. The molecule has 2 rings (SSSR count). The van der Waals surface area contributed by atoms with E-state index in [1.54, 1.807) is 12.1 Å². The van der Waals surface area contributed by atoms with E-state index < -0.39 is 0 Å². The summed E-state index contributed by atoms with van der Waals surface area (Å²) in [5, 5.41) is 5.62. The van der Waals surface area contributed by atoms with Gasteiger partial charge in [0.1, 0.15) is 0 Å². The molecule has 0 fully saturated rings. The first-order chi connectivity index (χ1) is 10.4. The number of amides is 2. The van der Waals surface area contributed by atoms with Gasteiger partial charge in [0.05, 0.1) is 0 Å². The first-order valence-corrected chi connectivity index (χ1v) is 7.17. The summed E-state index contributed by atoms with van der Waals surface area (Å²) >= 11 is 0. The van der Waals surface area contributed by atoms with Crippen LogP contribution in [0.25, 0.3) is 0 Å². The number of rotatable bonds is 4. The van der Waals surface area contributed by atoms with Gasteiger partial charge in [-0.15, -0.1) is 0 Å². The van der Waals surface area contributed by atoms with E-state index in [1.807, 2.05) is 38.1 Å². The molecule has 4 heteroatoms. The van der Waals surface area contributed by atoms with E-state index in [0.717, 1.165) is 22.4 Å². The summed E-state index contributed by atoms with van der Waals surface area (Å²) in [6.07, 6.45) is 0. The lowest BCUT2D eigenvalue weighted by Gasteiger charge is -2.08. The van der Waals surface area contributed by atoms with Crippen LogP contribution in [0.3, 0.4) is 0 Å². The van der Waals surface area contributed by atoms with Gasteiger partial charge in [0.25, 0.3) is 5.91 Å². The zero-order valence-electron chi connectivity index (χ0n) is 13.1. The first-order valence-electron chi connectivity index (χ1n) is 7.17. The minimum absolute atomic E-state index is 0.0726. The molecule has 2 aromatic rings. The number of benzene rings is 2. The molecule has 0 aliphatic heterocycles. The van der Waals surface area contributed by atoms with Crippen molar-refractivity contribution in [1.29, 1.82) is 0 Å². The third kappa shape index (κ3) is 4.45. The van der Waals surface area contributed by atoms with Crippen molar-refractivity contribution >= 4 is 17.5 Å². The van der Waals surface area contributed by atoms with Crippen LogP contribution in [0.4, 0.5) is 5.69 Å². The smallest absolute Gasteiger partial charge is 0.255 e. The van der Waals surface area contributed by atoms with Gasteiger partial charge in [-0.3, -0.25) is 9.59 Å². The molecule has 0 heterocycles. The molecule has 22 heavy (non-hydrogen) atoms. The van der Waals surface area contributed by atoms with Gasteiger partial charge in [-0.1, -0.05) is 18.2 Å². The van der Waals surface area contributed by atoms with E-state index in [0.29, 0.717) is 12.1 Å². The van der Waals surface area contributed by atoms with Gasteiger partial charge in [0.15, 0.2) is 0 Å². The lowest BCUT2D eigenvalue weighted by atomic mass is 10.1. The van der Waals surface area contributed by atoms with Crippen molar-refractivity contribution in [2.24, 2.45) is 0 Å². The Morgan fingerprint density at radius 1 is 0.955 bits per heavy atom. The zero-order chi connectivity index (χ0) is 16.1. The van der Waals surface area contributed by atoms with Crippen molar-refractivity contribution in [1.82, 2.24) is 5.32 Å². The van der Waals surface area contributed by atoms with Crippen molar-refractivity contribution in [3.63, 3.8) is 0 Å². The van der Waals surface area contributed by atoms with Gasteiger partial charge in [-0.2, -0.15) is 0 Å². The van der Waals surface area contributed by atoms with Gasteiger partial charge >= 0.3 is 0 Å². The molecule has 2 N–H and O–H groups in total. The van der Waals surface area contributed by atoms with Crippen LogP contribution in [0.1, 0.15) is 34.0 Å². The zero-order valence-corrected chi connectivity index (χ0v) is 13.1. The average molecular weight is 296 g/mol. The maximum atomic E-state index is 12.2. The minimum Gasteiger partial charge on any atom is -0.352 e. The SMILES string of the molecule is CC(=O)NCc1ccc(C(=O)Nc2cc(C)cc(C)c2)cc1. The van der Waals surface area contributed by atoms with Crippen molar-refractivity contribution in [3.05, 3.63) is 64.7 Å². The van der Waals surface area contributed by atoms with Crippen LogP contribution in [-0.2, 0) is 11.3 Å². The van der Waals surface area contributed by atoms with Gasteiger partial charge in [-0.05, 0) is 54.8 Å². The predicted octanol–water partition coefficient (Wildman–Crippen LogP) is 3.19. The Balaban J connectivity index is 2.04. The van der Waals surface area contributed by atoms with Crippen LogP contribution in [0.2, 0.25) is 0 Å². The Morgan fingerprint density at radius 3 is 2.09 bits per heavy atom. The van der Waals surface area contributed by atoms with Gasteiger partial charge in [-0.25, -0.2) is 0 Å². The summed E-state index contributed by atoms with van der Waals surface area (Å²) < 4.78 is 0. The fourth-order valence-corrected chi connectivity index (χ4v) is 2.25. The molecule has 0 saturated heterocycles. The molecule has 0 atom stereocenters. The third-order valence-corrected chi connectivity index (χ3v) is 3.24. The summed E-state index contributed by atoms with van der Waals surface area (Å²) in [6, 6.07) is 13.1. The van der Waals surface area contributed by atoms with Crippen LogP contribution in [0.15, 0.2) is 42.5 Å². The van der Waals surface area contributed by atoms with Crippen LogP contribution < -0.4 is 10.6 Å². The number of aryl methyl sites for hydroxylation is 2. The molecule has 0 radical (unpaired) electrons. The molecule has 4 nitrogen and oxygen atoms in total. The van der Waals surface area contributed by atoms with E-state index in [1.165, 1.54) is 6.92 Å². The number of hydrogen-bond acceptors (Lipinski definition) is 2. The second kappa shape index (κ2) is 6.89. The van der Waals surface area contributed by atoms with Crippen LogP contribution in [0.5, 0.6) is 0 Å². The monoisotopic (exact) mass is 296 g/mol. The highest BCUT2D eigenvalue weighted by atomic mass is 16.2. The van der Waals surface area contributed by atoms with E-state index in [2.05, 4.69) is 16.7 Å². The number of carbonyl (C=O) groups excluding carboxylic acids is 2. The van der Waals surface area contributed by atoms with Crippen molar-refractivity contribution in [2.45, 2.75) is 27.3 Å². The summed E-state index contributed by atoms with van der Waals surface area (Å²) in [7, 11) is 0. The highest BCUT2D eigenvalue weighted by molar-refractivity contribution is 6.04. The van der Waals surface area contributed by atoms with Crippen molar-refractivity contribution in [2.75, 3.05) is 5.32 Å². The standard InChI is InChI=1S/C18H20N2O2/c1-12-8-13(2)10-17(9-12)20-18(22)16-6-4-15(5-7-16)11-19-14(3)21/h4-10H,11H2,1-3H3,(H,19,21)(H,20,22). The van der Waals surface area contributed by atoms with E-state index in [-0.39, 0.29) is 11.8 Å². The Hall–Kier alpha value is -2.62. The topological polar surface area (TPSA) is 58.2 Å². The molecule has 2 amide bonds. The molecular weight excluding hydrogens is 276 g/mol. The lowest BCUT2D eigenvalue weighted by Crippen LogP contribution is -2.19. The summed E-state index contributed by atoms with van der Waals surface area (Å²) in [4.78, 5) is 23.1. The molecule has 0 spiro atoms. The molecule has 0 aliphatic carbocycles. The van der Waals surface area contributed by atoms with Crippen LogP contribution in [0, 0.1) is 13.8 Å². The minimum atomic E-state index is -0.143. The Bertz CT molecular complexity index is 670. The molecule has 2 aromatic carbocycles. The maximum absolute atomic E-state index is 12.2. The highest BCUT2D eigenvalue weighted by Gasteiger charge is 2.07. The second-order valence-corrected chi connectivity index (χ2v) is 5.44. The molecule has 0 aromatic heterocycles. The fourth-order valence-electron chi connectivity index (χ4n) is 2.25. The van der Waals surface area contributed by atoms with Gasteiger partial charge in [0.2, 0.25) is 5.91 Å². The Kier molecular flexibility index (Phi) is 4.94. The second-order valence-electron chi connectivity index (χ2n) is 5.44. The van der Waals surface area contributed by atoms with Crippen molar-refractivity contribution < 1.29 is 9.59 Å². The first kappa shape index (κ1) is 15.8. The van der Waals surface area contributed by atoms with Gasteiger partial charge in [0, 0.05) is 24.7 Å². The quantitative estimate of drug-likeness (QED) is 0.910. The summed E-state index contributed by atoms with van der Waals surface area (Å²) in [5.74, 6) is -0.215. The normalized spacial score (nSPS) is 10.1. The van der Waals surface area contributed by atoms with E-state index >= 15 is 0 Å². The van der Waals surface area contributed by atoms with E-state index in [4.69, 9.17) is 0 Å². The molecule has 0 saturated carbocycles. The molecule has 0 unspecified atom stereocenters. The van der Waals surface area contributed by atoms with Crippen molar-refractivity contribution in [3.8, 4) is 0 Å². The Morgan fingerprint density at radius 2 is 1.55 bits per heavy atom. The van der Waals surface area contributed by atoms with Crippen LogP contribution >= 0.6 is 0 Å². The maximum Gasteiger partial charge on any atom is 0.255 e. The molecule has 0 aliphatic rings.